The SMILES string of the molecule is Cc1cc2nnc(C(=O)N3CCC(c4nc(C(=O)N5CCN(c6cccc(C(F)(F)F)c6)CC5)cs4)CC3)c(C)n2n1. The van der Waals surface area contributed by atoms with Crippen LogP contribution in [0.5, 0.6) is 0 Å². The molecule has 14 heteroatoms. The van der Waals surface area contributed by atoms with Crippen LogP contribution < -0.4 is 4.90 Å². The van der Waals surface area contributed by atoms with Crippen LogP contribution in [0.2, 0.25) is 0 Å². The maximum absolute atomic E-state index is 13.2. The number of fused-ring (bicyclic) bond motifs is 1. The van der Waals surface area contributed by atoms with Gasteiger partial charge in [-0.1, -0.05) is 6.07 Å². The van der Waals surface area contributed by atoms with Gasteiger partial charge < -0.3 is 14.7 Å². The van der Waals surface area contributed by atoms with Gasteiger partial charge in [0.2, 0.25) is 0 Å². The van der Waals surface area contributed by atoms with Gasteiger partial charge in [0.25, 0.3) is 11.8 Å². The highest BCUT2D eigenvalue weighted by Gasteiger charge is 2.32. The molecule has 2 saturated heterocycles. The first kappa shape index (κ1) is 28.1. The van der Waals surface area contributed by atoms with Gasteiger partial charge in [-0.05, 0) is 44.9 Å². The minimum atomic E-state index is -4.40. The summed E-state index contributed by atoms with van der Waals surface area (Å²) in [7, 11) is 0. The zero-order chi connectivity index (χ0) is 29.6. The third kappa shape index (κ3) is 5.42. The Morgan fingerprint density at radius 3 is 2.36 bits per heavy atom. The zero-order valence-corrected chi connectivity index (χ0v) is 24.0. The van der Waals surface area contributed by atoms with Gasteiger partial charge in [0.1, 0.15) is 5.69 Å². The van der Waals surface area contributed by atoms with E-state index in [1.807, 2.05) is 24.8 Å². The van der Waals surface area contributed by atoms with E-state index in [0.717, 1.165) is 35.7 Å². The summed E-state index contributed by atoms with van der Waals surface area (Å²) < 4.78 is 41.0. The molecule has 0 unspecified atom stereocenters. The maximum atomic E-state index is 13.2. The van der Waals surface area contributed by atoms with E-state index in [1.54, 1.807) is 25.8 Å². The van der Waals surface area contributed by atoms with Crippen molar-refractivity contribution in [3.63, 3.8) is 0 Å². The number of rotatable bonds is 4. The Balaban J connectivity index is 1.04. The topological polar surface area (TPSA) is 99.8 Å². The quantitative estimate of drug-likeness (QED) is 0.347. The number of hydrogen-bond donors (Lipinski definition) is 0. The van der Waals surface area contributed by atoms with Crippen molar-refractivity contribution in [3.05, 3.63) is 69.1 Å². The van der Waals surface area contributed by atoms with Crippen LogP contribution in [-0.2, 0) is 6.18 Å². The summed E-state index contributed by atoms with van der Waals surface area (Å²) in [6.45, 7) is 6.43. The number of amides is 2. The average molecular weight is 599 g/mol. The first-order valence-electron chi connectivity index (χ1n) is 13.7. The summed E-state index contributed by atoms with van der Waals surface area (Å²) >= 11 is 1.45. The van der Waals surface area contributed by atoms with Crippen LogP contribution in [0.15, 0.2) is 35.7 Å². The van der Waals surface area contributed by atoms with Gasteiger partial charge >= 0.3 is 6.18 Å². The van der Waals surface area contributed by atoms with Gasteiger partial charge in [-0.3, -0.25) is 9.59 Å². The number of aryl methyl sites for hydroxylation is 2. The van der Waals surface area contributed by atoms with Crippen molar-refractivity contribution in [2.24, 2.45) is 0 Å². The second kappa shape index (κ2) is 11.0. The Labute approximate surface area is 243 Å². The molecular weight excluding hydrogens is 569 g/mol. The van der Waals surface area contributed by atoms with Crippen LogP contribution in [0.3, 0.4) is 0 Å². The van der Waals surface area contributed by atoms with Gasteiger partial charge in [-0.2, -0.15) is 18.3 Å². The molecule has 2 aliphatic rings. The minimum absolute atomic E-state index is 0.141. The number of piperidine rings is 1. The van der Waals surface area contributed by atoms with Crippen molar-refractivity contribution in [1.29, 1.82) is 0 Å². The number of carbonyl (C=O) groups is 2. The van der Waals surface area contributed by atoms with E-state index in [0.29, 0.717) is 67.7 Å². The molecule has 0 atom stereocenters. The summed E-state index contributed by atoms with van der Waals surface area (Å²) in [6.07, 6.45) is -2.96. The largest absolute Gasteiger partial charge is 0.416 e. The summed E-state index contributed by atoms with van der Waals surface area (Å²) in [5, 5.41) is 15.4. The summed E-state index contributed by atoms with van der Waals surface area (Å²) in [5.74, 6) is -0.207. The number of alkyl halides is 3. The molecule has 6 rings (SSSR count). The molecule has 42 heavy (non-hydrogen) atoms. The number of halogens is 3. The molecule has 1 aromatic carbocycles. The van der Waals surface area contributed by atoms with Crippen molar-refractivity contribution in [2.45, 2.75) is 38.8 Å². The molecule has 10 nitrogen and oxygen atoms in total. The fourth-order valence-electron chi connectivity index (χ4n) is 5.54. The molecule has 0 bridgehead atoms. The second-order valence-corrected chi connectivity index (χ2v) is 11.5. The first-order chi connectivity index (χ1) is 20.1. The van der Waals surface area contributed by atoms with Crippen molar-refractivity contribution in [3.8, 4) is 0 Å². The molecule has 2 fully saturated rings. The fourth-order valence-corrected chi connectivity index (χ4v) is 6.50. The molecule has 2 amide bonds. The Bertz CT molecular complexity index is 1640. The summed E-state index contributed by atoms with van der Waals surface area (Å²) in [4.78, 5) is 36.4. The lowest BCUT2D eigenvalue weighted by Gasteiger charge is -2.36. The average Bonchev–Trinajstić information content (AvgIpc) is 3.64. The monoisotopic (exact) mass is 598 g/mol. The predicted octanol–water partition coefficient (Wildman–Crippen LogP) is 4.20. The highest BCUT2D eigenvalue weighted by molar-refractivity contribution is 7.09. The molecule has 4 aromatic rings. The number of hydrogen-bond acceptors (Lipinski definition) is 8. The van der Waals surface area contributed by atoms with Gasteiger partial charge in [-0.25, -0.2) is 9.50 Å². The predicted molar refractivity (Wildman–Crippen MR) is 150 cm³/mol. The smallest absolute Gasteiger partial charge is 0.368 e. The molecule has 0 radical (unpaired) electrons. The van der Waals surface area contributed by atoms with E-state index >= 15 is 0 Å². The van der Waals surface area contributed by atoms with E-state index in [-0.39, 0.29) is 17.7 Å². The third-order valence-electron chi connectivity index (χ3n) is 7.91. The number of thiazole rings is 1. The lowest BCUT2D eigenvalue weighted by Crippen LogP contribution is -2.49. The van der Waals surface area contributed by atoms with E-state index in [4.69, 9.17) is 0 Å². The van der Waals surface area contributed by atoms with Crippen LogP contribution >= 0.6 is 11.3 Å². The van der Waals surface area contributed by atoms with Gasteiger partial charge in [0, 0.05) is 62.3 Å². The standard InChI is InChI=1S/C28H29F3N8O2S/c1-17-14-23-33-34-24(18(2)39(23)35-17)27(41)37-8-6-19(7-9-37)25-32-22(16-42-25)26(40)38-12-10-36(11-13-38)21-5-3-4-20(15-21)28(29,30)31/h3-5,14-16,19H,6-13H2,1-2H3. The van der Waals surface area contributed by atoms with E-state index < -0.39 is 11.7 Å². The third-order valence-corrected chi connectivity index (χ3v) is 8.91. The minimum Gasteiger partial charge on any atom is -0.368 e. The highest BCUT2D eigenvalue weighted by Crippen LogP contribution is 2.33. The van der Waals surface area contributed by atoms with Crippen LogP contribution in [0.4, 0.5) is 18.9 Å². The molecule has 2 aliphatic heterocycles. The molecular formula is C28H29F3N8O2S. The van der Waals surface area contributed by atoms with Gasteiger partial charge in [0.15, 0.2) is 11.3 Å². The van der Waals surface area contributed by atoms with Crippen LogP contribution in [0.25, 0.3) is 5.65 Å². The molecule has 0 saturated carbocycles. The molecule has 220 valence electrons. The van der Waals surface area contributed by atoms with Crippen molar-refractivity contribution in [1.82, 2.24) is 34.6 Å². The lowest BCUT2D eigenvalue weighted by molar-refractivity contribution is -0.137. The Morgan fingerprint density at radius 2 is 1.64 bits per heavy atom. The Morgan fingerprint density at radius 1 is 0.929 bits per heavy atom. The van der Waals surface area contributed by atoms with Crippen LogP contribution in [-0.4, -0.2) is 85.7 Å². The van der Waals surface area contributed by atoms with Gasteiger partial charge in [0.05, 0.1) is 22.0 Å². The maximum Gasteiger partial charge on any atom is 0.416 e. The molecule has 0 aliphatic carbocycles. The number of benzene rings is 1. The number of aromatic nitrogens is 5. The lowest BCUT2D eigenvalue weighted by atomic mass is 9.97. The molecule has 3 aromatic heterocycles. The Kier molecular flexibility index (Phi) is 7.33. The molecule has 5 heterocycles. The number of carbonyl (C=O) groups excluding carboxylic acids is 2. The van der Waals surface area contributed by atoms with E-state index in [9.17, 15) is 22.8 Å². The Hall–Kier alpha value is -4.07. The number of anilines is 1. The summed E-state index contributed by atoms with van der Waals surface area (Å²) in [6, 6.07) is 7.08. The highest BCUT2D eigenvalue weighted by atomic mass is 32.1. The van der Waals surface area contributed by atoms with Crippen LogP contribution in [0.1, 0.15) is 61.7 Å². The summed E-state index contributed by atoms with van der Waals surface area (Å²) in [5.41, 5.74) is 2.55. The number of nitrogens with zero attached hydrogens (tertiary/aromatic N) is 8. The van der Waals surface area contributed by atoms with Crippen LogP contribution in [0, 0.1) is 13.8 Å². The van der Waals surface area contributed by atoms with Crippen molar-refractivity contribution in [2.75, 3.05) is 44.2 Å². The van der Waals surface area contributed by atoms with E-state index in [1.165, 1.54) is 17.4 Å². The van der Waals surface area contributed by atoms with Crippen molar-refractivity contribution >= 4 is 34.5 Å². The number of likely N-dealkylation sites (tertiary alicyclic amines) is 1. The fraction of sp³-hybridized carbons (Fsp3) is 0.429. The first-order valence-corrected chi connectivity index (χ1v) is 14.6. The van der Waals surface area contributed by atoms with Gasteiger partial charge in [-0.15, -0.1) is 21.5 Å². The molecule has 0 spiro atoms. The normalized spacial score (nSPS) is 16.8. The second-order valence-electron chi connectivity index (χ2n) is 10.7. The number of piperazine rings is 1. The van der Waals surface area contributed by atoms with E-state index in [2.05, 4.69) is 20.3 Å². The molecule has 0 N–H and O–H groups in total. The van der Waals surface area contributed by atoms with Crippen molar-refractivity contribution < 1.29 is 22.8 Å². The zero-order valence-electron chi connectivity index (χ0n) is 23.1.